The van der Waals surface area contributed by atoms with Crippen molar-refractivity contribution in [3.63, 3.8) is 0 Å². The molecule has 2 heterocycles. The van der Waals surface area contributed by atoms with Crippen LogP contribution < -0.4 is 5.32 Å². The molecule has 2 aromatic heterocycles. The largest absolute Gasteiger partial charge is 0.365 e. The fourth-order valence-corrected chi connectivity index (χ4v) is 3.49. The monoisotopic (exact) mass is 410 g/mol. The van der Waals surface area contributed by atoms with Gasteiger partial charge in [-0.2, -0.15) is 5.10 Å². The Morgan fingerprint density at radius 3 is 2.61 bits per heavy atom. The molecule has 0 saturated heterocycles. The van der Waals surface area contributed by atoms with E-state index < -0.39 is 0 Å². The molecule has 2 aromatic carbocycles. The number of aldehydes is 1. The maximum absolute atomic E-state index is 10.4. The van der Waals surface area contributed by atoms with E-state index in [1.54, 1.807) is 28.3 Å². The number of hydrogen-bond acceptors (Lipinski definition) is 5. The predicted molar refractivity (Wildman–Crippen MR) is 115 cm³/mol. The second kappa shape index (κ2) is 9.82. The van der Waals surface area contributed by atoms with E-state index in [0.29, 0.717) is 5.69 Å². The first-order chi connectivity index (χ1) is 13.7. The van der Waals surface area contributed by atoms with E-state index in [9.17, 15) is 4.79 Å². The van der Waals surface area contributed by atoms with Gasteiger partial charge in [0.05, 0.1) is 5.69 Å². The summed E-state index contributed by atoms with van der Waals surface area (Å²) in [4.78, 5) is 15.8. The molecule has 0 aliphatic rings. The summed E-state index contributed by atoms with van der Waals surface area (Å²) in [6.07, 6.45) is 5.29. The summed E-state index contributed by atoms with van der Waals surface area (Å²) in [5, 5.41) is 8.81. The third kappa shape index (κ3) is 5.52. The van der Waals surface area contributed by atoms with Crippen LogP contribution in [0.2, 0.25) is 5.02 Å². The van der Waals surface area contributed by atoms with E-state index in [1.165, 1.54) is 10.4 Å². The summed E-state index contributed by atoms with van der Waals surface area (Å²) in [6, 6.07) is 19.3. The molecule has 0 saturated carbocycles. The van der Waals surface area contributed by atoms with Gasteiger partial charge in [-0.25, -0.2) is 9.67 Å². The second-order valence-corrected chi connectivity index (χ2v) is 7.38. The van der Waals surface area contributed by atoms with E-state index in [0.717, 1.165) is 28.5 Å². The van der Waals surface area contributed by atoms with Gasteiger partial charge in [-0.05, 0) is 35.9 Å². The van der Waals surface area contributed by atoms with Gasteiger partial charge in [0.25, 0.3) is 0 Å². The molecule has 0 amide bonds. The summed E-state index contributed by atoms with van der Waals surface area (Å²) in [6.45, 7) is 0. The molecule has 5 nitrogen and oxygen atoms in total. The van der Waals surface area contributed by atoms with Gasteiger partial charge in [0.1, 0.15) is 5.69 Å². The highest BCUT2D eigenvalue weighted by Crippen LogP contribution is 2.21. The Bertz CT molecular complexity index is 1030. The Kier molecular flexibility index (Phi) is 6.94. The Balaban J connectivity index is 0.000000162. The number of anilines is 1. The Hall–Kier alpha value is -2.96. The smallest absolute Gasteiger partial charge is 0.182 e. The van der Waals surface area contributed by atoms with Crippen LogP contribution in [0.4, 0.5) is 5.13 Å². The minimum atomic E-state index is 0.448. The standard InChI is InChI=1S/C11H11ClN2S.C10H8N2O/c1-13-11-14-7-10(15-11)6-8-3-2-4-9(12)5-8;13-8-9-6-7-12(11-9)10-4-2-1-3-5-10/h2-5,7H,6H2,1H3,(H,13,14);1-8H. The fraction of sp³-hybridized carbons (Fsp3) is 0.0952. The summed E-state index contributed by atoms with van der Waals surface area (Å²) in [5.41, 5.74) is 2.62. The zero-order chi connectivity index (χ0) is 19.8. The van der Waals surface area contributed by atoms with Crippen molar-refractivity contribution in [2.75, 3.05) is 12.4 Å². The van der Waals surface area contributed by atoms with Gasteiger partial charge in [-0.3, -0.25) is 4.79 Å². The summed E-state index contributed by atoms with van der Waals surface area (Å²) >= 11 is 7.59. The van der Waals surface area contributed by atoms with Gasteiger partial charge in [-0.15, -0.1) is 11.3 Å². The molecular formula is C21H19ClN4OS. The van der Waals surface area contributed by atoms with Crippen LogP contribution in [0.3, 0.4) is 0 Å². The van der Waals surface area contributed by atoms with E-state index in [-0.39, 0.29) is 0 Å². The van der Waals surface area contributed by atoms with Crippen molar-refractivity contribution in [1.29, 1.82) is 0 Å². The topological polar surface area (TPSA) is 59.8 Å². The molecule has 0 unspecified atom stereocenters. The molecule has 4 aromatic rings. The van der Waals surface area contributed by atoms with Crippen molar-refractivity contribution in [3.05, 3.63) is 94.2 Å². The van der Waals surface area contributed by atoms with Crippen LogP contribution >= 0.6 is 22.9 Å². The molecule has 7 heteroatoms. The highest BCUT2D eigenvalue weighted by molar-refractivity contribution is 7.15. The number of thiazole rings is 1. The molecule has 28 heavy (non-hydrogen) atoms. The molecule has 0 aliphatic heterocycles. The highest BCUT2D eigenvalue weighted by atomic mass is 35.5. The quantitative estimate of drug-likeness (QED) is 0.464. The Morgan fingerprint density at radius 2 is 1.96 bits per heavy atom. The van der Waals surface area contributed by atoms with Gasteiger partial charge in [0, 0.05) is 35.8 Å². The third-order valence-corrected chi connectivity index (χ3v) is 5.04. The van der Waals surface area contributed by atoms with Crippen LogP contribution in [0.1, 0.15) is 20.9 Å². The zero-order valence-electron chi connectivity index (χ0n) is 15.2. The van der Waals surface area contributed by atoms with Crippen molar-refractivity contribution in [2.24, 2.45) is 0 Å². The van der Waals surface area contributed by atoms with Crippen molar-refractivity contribution in [1.82, 2.24) is 14.8 Å². The van der Waals surface area contributed by atoms with Gasteiger partial charge in [0.15, 0.2) is 11.4 Å². The number of carbonyl (C=O) groups is 1. The lowest BCUT2D eigenvalue weighted by Gasteiger charge is -1.98. The number of para-hydroxylation sites is 1. The van der Waals surface area contributed by atoms with E-state index in [4.69, 9.17) is 11.6 Å². The molecule has 4 rings (SSSR count). The third-order valence-electron chi connectivity index (χ3n) is 3.79. The highest BCUT2D eigenvalue weighted by Gasteiger charge is 2.02. The van der Waals surface area contributed by atoms with Crippen LogP contribution in [0.15, 0.2) is 73.1 Å². The number of benzene rings is 2. The maximum Gasteiger partial charge on any atom is 0.182 e. The number of carbonyl (C=O) groups excluding carboxylic acids is 1. The summed E-state index contributed by atoms with van der Waals surface area (Å²) in [7, 11) is 1.88. The molecule has 0 atom stereocenters. The minimum absolute atomic E-state index is 0.448. The molecule has 0 spiro atoms. The molecular weight excluding hydrogens is 392 g/mol. The van der Waals surface area contributed by atoms with E-state index in [2.05, 4.69) is 21.5 Å². The first-order valence-corrected chi connectivity index (χ1v) is 9.80. The number of nitrogens with zero attached hydrogens (tertiary/aromatic N) is 3. The van der Waals surface area contributed by atoms with Crippen molar-refractivity contribution in [3.8, 4) is 5.69 Å². The van der Waals surface area contributed by atoms with Crippen LogP contribution in [0.25, 0.3) is 5.69 Å². The minimum Gasteiger partial charge on any atom is -0.365 e. The van der Waals surface area contributed by atoms with Crippen LogP contribution in [0, 0.1) is 0 Å². The predicted octanol–water partition coefficient (Wildman–Crippen LogP) is 5.11. The van der Waals surface area contributed by atoms with Crippen molar-refractivity contribution in [2.45, 2.75) is 6.42 Å². The number of aromatic nitrogens is 3. The molecule has 0 bridgehead atoms. The fourth-order valence-electron chi connectivity index (χ4n) is 2.48. The Morgan fingerprint density at radius 1 is 1.14 bits per heavy atom. The van der Waals surface area contributed by atoms with Crippen LogP contribution in [0.5, 0.6) is 0 Å². The van der Waals surface area contributed by atoms with Crippen molar-refractivity contribution >= 4 is 34.4 Å². The van der Waals surface area contributed by atoms with E-state index >= 15 is 0 Å². The number of halogens is 1. The van der Waals surface area contributed by atoms with Gasteiger partial charge in [-0.1, -0.05) is 41.9 Å². The lowest BCUT2D eigenvalue weighted by Crippen LogP contribution is -1.94. The normalized spacial score (nSPS) is 10.1. The zero-order valence-corrected chi connectivity index (χ0v) is 16.8. The second-order valence-electron chi connectivity index (χ2n) is 5.83. The van der Waals surface area contributed by atoms with Crippen molar-refractivity contribution < 1.29 is 4.79 Å². The van der Waals surface area contributed by atoms with Gasteiger partial charge >= 0.3 is 0 Å². The molecule has 0 radical (unpaired) electrons. The van der Waals surface area contributed by atoms with Crippen LogP contribution in [-0.2, 0) is 6.42 Å². The molecule has 1 N–H and O–H groups in total. The number of nitrogens with one attached hydrogen (secondary N) is 1. The summed E-state index contributed by atoms with van der Waals surface area (Å²) in [5.74, 6) is 0. The molecule has 0 fully saturated rings. The van der Waals surface area contributed by atoms with Gasteiger partial charge in [0.2, 0.25) is 0 Å². The van der Waals surface area contributed by atoms with E-state index in [1.807, 2.05) is 61.8 Å². The van der Waals surface area contributed by atoms with Crippen LogP contribution in [-0.4, -0.2) is 28.1 Å². The summed E-state index contributed by atoms with van der Waals surface area (Å²) < 4.78 is 1.67. The van der Waals surface area contributed by atoms with Gasteiger partial charge < -0.3 is 5.32 Å². The SMILES string of the molecule is CNc1ncc(Cc2cccc(Cl)c2)s1.O=Cc1ccn(-c2ccccc2)n1. The average molecular weight is 411 g/mol. The maximum atomic E-state index is 10.4. The average Bonchev–Trinajstić information content (AvgIpc) is 3.38. The Labute approximate surface area is 172 Å². The lowest BCUT2D eigenvalue weighted by atomic mass is 10.1. The molecule has 0 aliphatic carbocycles. The number of hydrogen-bond donors (Lipinski definition) is 1. The molecule has 142 valence electrons. The number of rotatable bonds is 5. The first kappa shape index (κ1) is 19.8. The first-order valence-electron chi connectivity index (χ1n) is 8.61. The lowest BCUT2D eigenvalue weighted by molar-refractivity contribution is 0.111.